The molecule has 0 aromatic heterocycles. The molecule has 0 aliphatic carbocycles. The molecule has 15 heavy (non-hydrogen) atoms. The van der Waals surface area contributed by atoms with Crippen LogP contribution in [0.1, 0.15) is 71.6 Å². The second-order valence-electron chi connectivity index (χ2n) is 5.11. The van der Waals surface area contributed by atoms with E-state index >= 15 is 0 Å². The van der Waals surface area contributed by atoms with E-state index in [4.69, 9.17) is 4.74 Å². The molecule has 1 saturated heterocycles. The van der Waals surface area contributed by atoms with Gasteiger partial charge in [-0.15, -0.1) is 0 Å². The predicted molar refractivity (Wildman–Crippen MR) is 65.9 cm³/mol. The second-order valence-corrected chi connectivity index (χ2v) is 5.11. The van der Waals surface area contributed by atoms with Gasteiger partial charge in [0.15, 0.2) is 0 Å². The van der Waals surface area contributed by atoms with Gasteiger partial charge in [-0.05, 0) is 26.2 Å². The zero-order valence-electron chi connectivity index (χ0n) is 10.5. The van der Waals surface area contributed by atoms with Gasteiger partial charge in [0.05, 0.1) is 5.76 Å². The van der Waals surface area contributed by atoms with Crippen LogP contribution in [0.25, 0.3) is 0 Å². The minimum Gasteiger partial charge on any atom is -0.493 e. The first-order valence-corrected chi connectivity index (χ1v) is 6.53. The SMILES string of the molecule is C=C1CC[C@@](C)(CCCCCCCC)O1. The summed E-state index contributed by atoms with van der Waals surface area (Å²) < 4.78 is 5.78. The first kappa shape index (κ1) is 12.6. The molecule has 0 aromatic rings. The smallest absolute Gasteiger partial charge is 0.106 e. The van der Waals surface area contributed by atoms with Crippen LogP contribution in [0.4, 0.5) is 0 Å². The van der Waals surface area contributed by atoms with Crippen molar-refractivity contribution in [3.63, 3.8) is 0 Å². The molecular formula is C14H26O. The van der Waals surface area contributed by atoms with Crippen molar-refractivity contribution in [3.05, 3.63) is 12.3 Å². The highest BCUT2D eigenvalue weighted by Gasteiger charge is 2.31. The Hall–Kier alpha value is -0.460. The third-order valence-electron chi connectivity index (χ3n) is 3.38. The first-order valence-electron chi connectivity index (χ1n) is 6.53. The van der Waals surface area contributed by atoms with Gasteiger partial charge in [-0.25, -0.2) is 0 Å². The predicted octanol–water partition coefficient (Wildman–Crippen LogP) is 4.82. The van der Waals surface area contributed by atoms with E-state index in [1.807, 2.05) is 0 Å². The zero-order chi connectivity index (χ0) is 11.1. The van der Waals surface area contributed by atoms with Crippen molar-refractivity contribution >= 4 is 0 Å². The molecule has 1 aliphatic heterocycles. The van der Waals surface area contributed by atoms with Crippen molar-refractivity contribution in [1.29, 1.82) is 0 Å². The summed E-state index contributed by atoms with van der Waals surface area (Å²) in [7, 11) is 0. The summed E-state index contributed by atoms with van der Waals surface area (Å²) in [5.41, 5.74) is 0.113. The maximum atomic E-state index is 5.78. The minimum atomic E-state index is 0.113. The Morgan fingerprint density at radius 2 is 1.87 bits per heavy atom. The average Bonchev–Trinajstić information content (AvgIpc) is 2.53. The van der Waals surface area contributed by atoms with Crippen molar-refractivity contribution in [3.8, 4) is 0 Å². The lowest BCUT2D eigenvalue weighted by Gasteiger charge is -2.23. The molecule has 1 nitrogen and oxygen atoms in total. The Morgan fingerprint density at radius 3 is 2.47 bits per heavy atom. The number of ether oxygens (including phenoxy) is 1. The van der Waals surface area contributed by atoms with Crippen LogP contribution in [0.2, 0.25) is 0 Å². The van der Waals surface area contributed by atoms with E-state index in [1.165, 1.54) is 51.4 Å². The number of hydrogen-bond acceptors (Lipinski definition) is 1. The Bertz CT molecular complexity index is 198. The molecule has 0 bridgehead atoms. The monoisotopic (exact) mass is 210 g/mol. The van der Waals surface area contributed by atoms with Crippen molar-refractivity contribution in [2.24, 2.45) is 0 Å². The van der Waals surface area contributed by atoms with Gasteiger partial charge in [0.2, 0.25) is 0 Å². The normalized spacial score (nSPS) is 25.6. The van der Waals surface area contributed by atoms with Crippen LogP contribution in [-0.2, 0) is 4.74 Å². The summed E-state index contributed by atoms with van der Waals surface area (Å²) in [6.45, 7) is 8.39. The third kappa shape index (κ3) is 4.72. The lowest BCUT2D eigenvalue weighted by molar-refractivity contribution is 0.0476. The Morgan fingerprint density at radius 1 is 1.20 bits per heavy atom. The van der Waals surface area contributed by atoms with Gasteiger partial charge < -0.3 is 4.74 Å². The highest BCUT2D eigenvalue weighted by atomic mass is 16.5. The molecule has 1 fully saturated rings. The van der Waals surface area contributed by atoms with Crippen LogP contribution in [0, 0.1) is 0 Å². The molecular weight excluding hydrogens is 184 g/mol. The van der Waals surface area contributed by atoms with E-state index in [2.05, 4.69) is 20.4 Å². The van der Waals surface area contributed by atoms with Gasteiger partial charge in [0.25, 0.3) is 0 Å². The number of hydrogen-bond donors (Lipinski definition) is 0. The molecule has 0 N–H and O–H groups in total. The molecule has 0 spiro atoms. The van der Waals surface area contributed by atoms with Gasteiger partial charge in [0, 0.05) is 6.42 Å². The molecule has 0 unspecified atom stereocenters. The van der Waals surface area contributed by atoms with Crippen LogP contribution in [0.5, 0.6) is 0 Å². The molecule has 1 atom stereocenters. The fourth-order valence-corrected chi connectivity index (χ4v) is 2.31. The van der Waals surface area contributed by atoms with E-state index in [0.29, 0.717) is 0 Å². The molecule has 88 valence electrons. The second kappa shape index (κ2) is 6.19. The number of rotatable bonds is 7. The number of allylic oxidation sites excluding steroid dienone is 1. The quantitative estimate of drug-likeness (QED) is 0.547. The van der Waals surface area contributed by atoms with Gasteiger partial charge in [0.1, 0.15) is 5.60 Å². The zero-order valence-corrected chi connectivity index (χ0v) is 10.5. The van der Waals surface area contributed by atoms with Gasteiger partial charge in [-0.1, -0.05) is 45.6 Å². The van der Waals surface area contributed by atoms with Crippen molar-refractivity contribution < 1.29 is 4.74 Å². The van der Waals surface area contributed by atoms with Crippen LogP contribution in [0.15, 0.2) is 12.3 Å². The molecule has 1 heterocycles. The van der Waals surface area contributed by atoms with E-state index < -0.39 is 0 Å². The molecule has 0 aromatic carbocycles. The van der Waals surface area contributed by atoms with E-state index in [1.54, 1.807) is 0 Å². The summed E-state index contributed by atoms with van der Waals surface area (Å²) in [5.74, 6) is 0.989. The van der Waals surface area contributed by atoms with Crippen LogP contribution >= 0.6 is 0 Å². The van der Waals surface area contributed by atoms with Gasteiger partial charge >= 0.3 is 0 Å². The van der Waals surface area contributed by atoms with Crippen LogP contribution < -0.4 is 0 Å². The summed E-state index contributed by atoms with van der Waals surface area (Å²) in [4.78, 5) is 0. The third-order valence-corrected chi connectivity index (χ3v) is 3.38. The largest absolute Gasteiger partial charge is 0.493 e. The van der Waals surface area contributed by atoms with Gasteiger partial charge in [-0.3, -0.25) is 0 Å². The highest BCUT2D eigenvalue weighted by molar-refractivity contribution is 4.97. The van der Waals surface area contributed by atoms with E-state index in [9.17, 15) is 0 Å². The summed E-state index contributed by atoms with van der Waals surface area (Å²) in [6, 6.07) is 0. The maximum absolute atomic E-state index is 5.78. The molecule has 0 radical (unpaired) electrons. The molecule has 1 heteroatoms. The van der Waals surface area contributed by atoms with Gasteiger partial charge in [-0.2, -0.15) is 0 Å². The first-order chi connectivity index (χ1) is 7.16. The molecule has 0 amide bonds. The summed E-state index contributed by atoms with van der Waals surface area (Å²) in [5, 5.41) is 0. The lowest BCUT2D eigenvalue weighted by atomic mass is 9.95. The molecule has 1 aliphatic rings. The van der Waals surface area contributed by atoms with Crippen molar-refractivity contribution in [2.75, 3.05) is 0 Å². The average molecular weight is 210 g/mol. The minimum absolute atomic E-state index is 0.113. The van der Waals surface area contributed by atoms with Crippen LogP contribution in [0.3, 0.4) is 0 Å². The van der Waals surface area contributed by atoms with E-state index in [0.717, 1.165) is 12.2 Å². The lowest BCUT2D eigenvalue weighted by Crippen LogP contribution is -2.21. The van der Waals surface area contributed by atoms with Crippen molar-refractivity contribution in [2.45, 2.75) is 77.2 Å². The van der Waals surface area contributed by atoms with Crippen molar-refractivity contribution in [1.82, 2.24) is 0 Å². The molecule has 0 saturated carbocycles. The standard InChI is InChI=1S/C14H26O/c1-4-5-6-7-8-9-11-14(3)12-10-13(2)15-14/h2,4-12H2,1,3H3/t14-/m1/s1. The maximum Gasteiger partial charge on any atom is 0.106 e. The fourth-order valence-electron chi connectivity index (χ4n) is 2.31. The van der Waals surface area contributed by atoms with E-state index in [-0.39, 0.29) is 5.60 Å². The topological polar surface area (TPSA) is 9.23 Å². The Balaban J connectivity index is 2.02. The Kier molecular flexibility index (Phi) is 5.21. The molecule has 1 rings (SSSR count). The summed E-state index contributed by atoms with van der Waals surface area (Å²) >= 11 is 0. The van der Waals surface area contributed by atoms with Crippen LogP contribution in [-0.4, -0.2) is 5.60 Å². The highest BCUT2D eigenvalue weighted by Crippen LogP contribution is 2.35. The Labute approximate surface area is 94.9 Å². The summed E-state index contributed by atoms with van der Waals surface area (Å²) in [6.07, 6.45) is 11.6. The number of unbranched alkanes of at least 4 members (excludes halogenated alkanes) is 5. The fraction of sp³-hybridized carbons (Fsp3) is 0.857.